The zero-order valence-corrected chi connectivity index (χ0v) is 21.6. The van der Waals surface area contributed by atoms with E-state index in [9.17, 15) is 29.4 Å². The number of aliphatic hydroxyl groups excluding tert-OH is 2. The van der Waals surface area contributed by atoms with Crippen molar-refractivity contribution in [1.82, 2.24) is 10.2 Å². The first-order chi connectivity index (χ1) is 17.8. The standard InChI is InChI=1S/C27H36N2O8/c1-4-6-7-8-10-29(27(35)20(32)5-2)19-14-18(26(34)28-9-11-30)22-17-12-16(15-31)13-21(36-3)24(17)37-25(22)23(19)33/h12-15,19,22-23,25,30,33H,4-11H2,1-3H3,(H,28,34)/t19-,22+,23+,25+/m1/s1. The summed E-state index contributed by atoms with van der Waals surface area (Å²) in [5.74, 6) is -1.99. The number of nitrogens with zero attached hydrogens (tertiary/aromatic N) is 1. The Balaban J connectivity index is 2.10. The molecular formula is C27H36N2O8. The molecule has 0 bridgehead atoms. The van der Waals surface area contributed by atoms with E-state index in [0.29, 0.717) is 29.6 Å². The summed E-state index contributed by atoms with van der Waals surface area (Å²) >= 11 is 0. The van der Waals surface area contributed by atoms with Crippen molar-refractivity contribution in [3.8, 4) is 11.5 Å². The van der Waals surface area contributed by atoms with Crippen LogP contribution < -0.4 is 14.8 Å². The lowest BCUT2D eigenvalue weighted by Crippen LogP contribution is -2.57. The van der Waals surface area contributed by atoms with Crippen molar-refractivity contribution in [3.05, 3.63) is 34.9 Å². The summed E-state index contributed by atoms with van der Waals surface area (Å²) in [7, 11) is 1.42. The minimum absolute atomic E-state index is 0.000175. The molecule has 0 fully saturated rings. The van der Waals surface area contributed by atoms with Gasteiger partial charge in [0, 0.05) is 36.2 Å². The number of rotatable bonds is 13. The van der Waals surface area contributed by atoms with Gasteiger partial charge < -0.3 is 29.9 Å². The maximum Gasteiger partial charge on any atom is 0.290 e. The highest BCUT2D eigenvalue weighted by Gasteiger charge is 2.51. The monoisotopic (exact) mass is 516 g/mol. The van der Waals surface area contributed by atoms with Crippen molar-refractivity contribution >= 4 is 23.9 Å². The Kier molecular flexibility index (Phi) is 9.82. The normalized spacial score (nSPS) is 21.7. The van der Waals surface area contributed by atoms with Crippen molar-refractivity contribution < 1.29 is 38.9 Å². The molecule has 0 radical (unpaired) electrons. The second-order valence-electron chi connectivity index (χ2n) is 9.24. The Morgan fingerprint density at radius 2 is 1.95 bits per heavy atom. The lowest BCUT2D eigenvalue weighted by molar-refractivity contribution is -0.148. The molecule has 0 unspecified atom stereocenters. The first kappa shape index (κ1) is 28.3. The maximum atomic E-state index is 13.3. The van der Waals surface area contributed by atoms with Crippen LogP contribution in [-0.4, -0.2) is 84.1 Å². The Hall–Kier alpha value is -3.24. The van der Waals surface area contributed by atoms with Crippen LogP contribution in [0.2, 0.25) is 0 Å². The van der Waals surface area contributed by atoms with Crippen LogP contribution in [0.3, 0.4) is 0 Å². The Morgan fingerprint density at radius 3 is 2.57 bits per heavy atom. The van der Waals surface area contributed by atoms with Crippen LogP contribution >= 0.6 is 0 Å². The second kappa shape index (κ2) is 12.8. The molecule has 1 heterocycles. The molecule has 10 heteroatoms. The zero-order chi connectivity index (χ0) is 27.1. The average molecular weight is 517 g/mol. The van der Waals surface area contributed by atoms with E-state index in [2.05, 4.69) is 12.2 Å². The lowest BCUT2D eigenvalue weighted by atomic mass is 9.77. The zero-order valence-electron chi connectivity index (χ0n) is 21.6. The number of methoxy groups -OCH3 is 1. The third kappa shape index (κ3) is 5.86. The number of carbonyl (C=O) groups is 4. The third-order valence-corrected chi connectivity index (χ3v) is 6.84. The minimum atomic E-state index is -1.27. The van der Waals surface area contributed by atoms with Gasteiger partial charge in [0.2, 0.25) is 11.7 Å². The molecule has 3 rings (SSSR count). The number of aliphatic hydroxyl groups is 2. The average Bonchev–Trinajstić information content (AvgIpc) is 3.31. The van der Waals surface area contributed by atoms with E-state index in [-0.39, 0.29) is 37.4 Å². The predicted molar refractivity (Wildman–Crippen MR) is 135 cm³/mol. The molecule has 1 aliphatic heterocycles. The highest BCUT2D eigenvalue weighted by atomic mass is 16.5. The summed E-state index contributed by atoms with van der Waals surface area (Å²) in [4.78, 5) is 51.7. The molecule has 1 aromatic rings. The number of carbonyl (C=O) groups excluding carboxylic acids is 4. The van der Waals surface area contributed by atoms with Gasteiger partial charge in [0.05, 0.1) is 25.7 Å². The van der Waals surface area contributed by atoms with E-state index < -0.39 is 41.8 Å². The number of nitrogens with one attached hydrogen (secondary N) is 1. The fraction of sp³-hybridized carbons (Fsp3) is 0.556. The summed E-state index contributed by atoms with van der Waals surface area (Å²) in [6.45, 7) is 3.62. The first-order valence-corrected chi connectivity index (χ1v) is 12.8. The molecule has 2 amide bonds. The lowest BCUT2D eigenvalue weighted by Gasteiger charge is -2.40. The molecular weight excluding hydrogens is 480 g/mol. The van der Waals surface area contributed by atoms with E-state index in [0.717, 1.165) is 19.3 Å². The highest BCUT2D eigenvalue weighted by molar-refractivity contribution is 6.36. The molecule has 0 saturated heterocycles. The van der Waals surface area contributed by atoms with Crippen molar-refractivity contribution in [1.29, 1.82) is 0 Å². The SMILES string of the molecule is CCCCCCN(C(=O)C(=O)CC)[C@@H]1C=C(C(=O)NCCO)[C@@H]2c3cc(C=O)cc(OC)c3O[C@@H]2[C@H]1O. The van der Waals surface area contributed by atoms with E-state index in [1.807, 2.05) is 0 Å². The van der Waals surface area contributed by atoms with Gasteiger partial charge in [-0.3, -0.25) is 19.2 Å². The van der Waals surface area contributed by atoms with Crippen LogP contribution in [0.25, 0.3) is 0 Å². The van der Waals surface area contributed by atoms with Crippen molar-refractivity contribution in [3.63, 3.8) is 0 Å². The smallest absolute Gasteiger partial charge is 0.290 e. The maximum absolute atomic E-state index is 13.3. The van der Waals surface area contributed by atoms with E-state index >= 15 is 0 Å². The fourth-order valence-electron chi connectivity index (χ4n) is 4.96. The number of hydrogen-bond donors (Lipinski definition) is 3. The quantitative estimate of drug-likeness (QED) is 0.204. The van der Waals surface area contributed by atoms with Crippen molar-refractivity contribution in [2.75, 3.05) is 26.8 Å². The molecule has 10 nitrogen and oxygen atoms in total. The second-order valence-corrected chi connectivity index (χ2v) is 9.24. The Bertz CT molecular complexity index is 1050. The predicted octanol–water partition coefficient (Wildman–Crippen LogP) is 1.52. The van der Waals surface area contributed by atoms with Gasteiger partial charge in [0.1, 0.15) is 18.5 Å². The Morgan fingerprint density at radius 1 is 1.19 bits per heavy atom. The number of Topliss-reactive ketones (excluding diaryl/α,β-unsaturated/α-hetero) is 1. The fourth-order valence-corrected chi connectivity index (χ4v) is 4.96. The number of hydrogen-bond acceptors (Lipinski definition) is 8. The summed E-state index contributed by atoms with van der Waals surface area (Å²) < 4.78 is 11.5. The van der Waals surface area contributed by atoms with Crippen LogP contribution in [0.5, 0.6) is 11.5 Å². The molecule has 37 heavy (non-hydrogen) atoms. The summed E-state index contributed by atoms with van der Waals surface area (Å²) in [5.41, 5.74) is 1.03. The van der Waals surface area contributed by atoms with Crippen molar-refractivity contribution in [2.45, 2.75) is 70.1 Å². The molecule has 0 aromatic heterocycles. The van der Waals surface area contributed by atoms with Gasteiger partial charge in [-0.25, -0.2) is 0 Å². The number of amides is 2. The number of ether oxygens (including phenoxy) is 2. The largest absolute Gasteiger partial charge is 0.493 e. The van der Waals surface area contributed by atoms with Crippen LogP contribution in [0.4, 0.5) is 0 Å². The van der Waals surface area contributed by atoms with E-state index in [4.69, 9.17) is 9.47 Å². The van der Waals surface area contributed by atoms with Crippen LogP contribution in [0.1, 0.15) is 67.8 Å². The van der Waals surface area contributed by atoms with Crippen LogP contribution in [0, 0.1) is 0 Å². The van der Waals surface area contributed by atoms with Crippen LogP contribution in [0.15, 0.2) is 23.8 Å². The van der Waals surface area contributed by atoms with Gasteiger partial charge in [0.15, 0.2) is 11.5 Å². The first-order valence-electron chi connectivity index (χ1n) is 12.8. The van der Waals surface area contributed by atoms with E-state index in [1.165, 1.54) is 24.2 Å². The van der Waals surface area contributed by atoms with E-state index in [1.54, 1.807) is 13.0 Å². The molecule has 4 atom stereocenters. The van der Waals surface area contributed by atoms with Gasteiger partial charge in [-0.2, -0.15) is 0 Å². The van der Waals surface area contributed by atoms with Gasteiger partial charge in [0.25, 0.3) is 5.91 Å². The molecule has 202 valence electrons. The molecule has 3 N–H and O–H groups in total. The number of fused-ring (bicyclic) bond motifs is 3. The topological polar surface area (TPSA) is 142 Å². The van der Waals surface area contributed by atoms with Gasteiger partial charge in [-0.05, 0) is 24.6 Å². The number of unbranched alkanes of at least 4 members (excludes halogenated alkanes) is 3. The Labute approximate surface area is 216 Å². The summed E-state index contributed by atoms with van der Waals surface area (Å²) in [6.07, 6.45) is 3.36. The molecule has 0 spiro atoms. The minimum Gasteiger partial charge on any atom is -0.493 e. The highest BCUT2D eigenvalue weighted by Crippen LogP contribution is 2.51. The summed E-state index contributed by atoms with van der Waals surface area (Å²) in [5, 5.41) is 23.4. The number of aldehydes is 1. The van der Waals surface area contributed by atoms with Gasteiger partial charge in [-0.1, -0.05) is 33.1 Å². The summed E-state index contributed by atoms with van der Waals surface area (Å²) in [6, 6.07) is 2.10. The van der Waals surface area contributed by atoms with Gasteiger partial charge in [-0.15, -0.1) is 0 Å². The van der Waals surface area contributed by atoms with Crippen LogP contribution in [-0.2, 0) is 14.4 Å². The molecule has 1 aliphatic carbocycles. The van der Waals surface area contributed by atoms with Crippen molar-refractivity contribution in [2.24, 2.45) is 0 Å². The van der Waals surface area contributed by atoms with Gasteiger partial charge >= 0.3 is 0 Å². The number of benzene rings is 1. The molecule has 2 aliphatic rings. The number of ketones is 1. The molecule has 1 aromatic carbocycles. The molecule has 0 saturated carbocycles. The third-order valence-electron chi connectivity index (χ3n) is 6.84.